The first-order valence-corrected chi connectivity index (χ1v) is 9.45. The Balaban J connectivity index is 1.61. The minimum Gasteiger partial charge on any atom is -0.492 e. The largest absolute Gasteiger partial charge is 0.492 e. The van der Waals surface area contributed by atoms with Crippen LogP contribution in [0.5, 0.6) is 5.75 Å². The van der Waals surface area contributed by atoms with Crippen LogP contribution in [0.1, 0.15) is 48.9 Å². The molecule has 1 aliphatic carbocycles. The van der Waals surface area contributed by atoms with Gasteiger partial charge in [-0.3, -0.25) is 9.89 Å². The summed E-state index contributed by atoms with van der Waals surface area (Å²) in [5.41, 5.74) is 2.90. The number of halogens is 1. The molecule has 1 aromatic heterocycles. The smallest absolute Gasteiger partial charge is 0.274 e. The van der Waals surface area contributed by atoms with Gasteiger partial charge in [-0.1, -0.05) is 20.8 Å². The molecule has 27 heavy (non-hydrogen) atoms. The van der Waals surface area contributed by atoms with E-state index in [1.807, 2.05) is 0 Å². The Labute approximate surface area is 159 Å². The third-order valence-electron chi connectivity index (χ3n) is 5.43. The number of nitrogens with zero attached hydrogens (tertiary/aromatic N) is 2. The van der Waals surface area contributed by atoms with Gasteiger partial charge >= 0.3 is 0 Å². The van der Waals surface area contributed by atoms with Crippen molar-refractivity contribution >= 4 is 5.91 Å². The van der Waals surface area contributed by atoms with Crippen molar-refractivity contribution in [1.82, 2.24) is 15.1 Å². The Hall–Kier alpha value is -2.37. The Morgan fingerprint density at radius 3 is 2.70 bits per heavy atom. The van der Waals surface area contributed by atoms with Crippen molar-refractivity contribution in [3.8, 4) is 5.75 Å². The summed E-state index contributed by atoms with van der Waals surface area (Å²) < 4.78 is 18.5. The zero-order valence-electron chi connectivity index (χ0n) is 16.5. The fourth-order valence-corrected chi connectivity index (χ4v) is 3.52. The van der Waals surface area contributed by atoms with E-state index in [4.69, 9.17) is 4.74 Å². The second-order valence-corrected chi connectivity index (χ2v) is 8.36. The zero-order valence-corrected chi connectivity index (χ0v) is 16.5. The SMILES string of the molecule is CN(CCOc1ccc(F)cc1)C(=O)c1n[nH]c2c1C[C@H](C(C)(C)C)CC2. The van der Waals surface area contributed by atoms with Crippen LogP contribution < -0.4 is 4.74 Å². The molecule has 0 unspecified atom stereocenters. The summed E-state index contributed by atoms with van der Waals surface area (Å²) in [6, 6.07) is 5.86. The van der Waals surface area contributed by atoms with Crippen molar-refractivity contribution in [2.75, 3.05) is 20.2 Å². The third-order valence-corrected chi connectivity index (χ3v) is 5.43. The lowest BCUT2D eigenvalue weighted by Gasteiger charge is -2.33. The fourth-order valence-electron chi connectivity index (χ4n) is 3.52. The van der Waals surface area contributed by atoms with Crippen LogP contribution >= 0.6 is 0 Å². The molecule has 1 N–H and O–H groups in total. The van der Waals surface area contributed by atoms with E-state index in [1.165, 1.54) is 12.1 Å². The first kappa shape index (κ1) is 19.4. The van der Waals surface area contributed by atoms with Crippen LogP contribution in [0.25, 0.3) is 0 Å². The monoisotopic (exact) mass is 373 g/mol. The number of aryl methyl sites for hydroxylation is 1. The molecule has 0 saturated heterocycles. The van der Waals surface area contributed by atoms with Crippen LogP contribution in [0.2, 0.25) is 0 Å². The van der Waals surface area contributed by atoms with Crippen molar-refractivity contribution in [3.05, 3.63) is 47.0 Å². The summed E-state index contributed by atoms with van der Waals surface area (Å²) in [6.45, 7) is 7.53. The number of aromatic amines is 1. The maximum Gasteiger partial charge on any atom is 0.274 e. The molecule has 1 atom stereocenters. The predicted molar refractivity (Wildman–Crippen MR) is 102 cm³/mol. The third kappa shape index (κ3) is 4.49. The Morgan fingerprint density at radius 2 is 2.04 bits per heavy atom. The molecule has 5 nitrogen and oxygen atoms in total. The van der Waals surface area contributed by atoms with E-state index in [2.05, 4.69) is 31.0 Å². The lowest BCUT2D eigenvalue weighted by Crippen LogP contribution is -2.33. The van der Waals surface area contributed by atoms with Gasteiger partial charge in [-0.2, -0.15) is 5.10 Å². The number of benzene rings is 1. The second-order valence-electron chi connectivity index (χ2n) is 8.36. The molecule has 2 aromatic rings. The van der Waals surface area contributed by atoms with Crippen LogP contribution in [-0.4, -0.2) is 41.2 Å². The van der Waals surface area contributed by atoms with Crippen LogP contribution in [0.4, 0.5) is 4.39 Å². The number of ether oxygens (including phenoxy) is 1. The second kappa shape index (κ2) is 7.71. The fraction of sp³-hybridized carbons (Fsp3) is 0.524. The van der Waals surface area contributed by atoms with Gasteiger partial charge in [0, 0.05) is 18.3 Å². The average molecular weight is 373 g/mol. The highest BCUT2D eigenvalue weighted by Gasteiger charge is 2.33. The molecule has 1 heterocycles. The molecule has 3 rings (SSSR count). The number of fused-ring (bicyclic) bond motifs is 1. The van der Waals surface area contributed by atoms with Gasteiger partial charge in [0.05, 0.1) is 6.54 Å². The minimum atomic E-state index is -0.300. The van der Waals surface area contributed by atoms with Gasteiger partial charge in [0.1, 0.15) is 18.2 Å². The Bertz CT molecular complexity index is 793. The molecular weight excluding hydrogens is 345 g/mol. The van der Waals surface area contributed by atoms with Gasteiger partial charge in [0.15, 0.2) is 5.69 Å². The van der Waals surface area contributed by atoms with Crippen molar-refractivity contribution in [2.45, 2.75) is 40.0 Å². The standard InChI is InChI=1S/C21H28FN3O2/c1-21(2,3)14-5-10-18-17(13-14)19(24-23-18)20(26)25(4)11-12-27-16-8-6-15(22)7-9-16/h6-9,14H,5,10-13H2,1-4H3,(H,23,24)/t14-/m1/s1. The predicted octanol–water partition coefficient (Wildman–Crippen LogP) is 3.85. The van der Waals surface area contributed by atoms with Crippen LogP contribution in [0.15, 0.2) is 24.3 Å². The number of carbonyl (C=O) groups excluding carboxylic acids is 1. The van der Waals surface area contributed by atoms with Gasteiger partial charge in [-0.15, -0.1) is 0 Å². The van der Waals surface area contributed by atoms with Crippen LogP contribution in [-0.2, 0) is 12.8 Å². The summed E-state index contributed by atoms with van der Waals surface area (Å²) in [6.07, 6.45) is 2.94. The highest BCUT2D eigenvalue weighted by Crippen LogP contribution is 2.37. The highest BCUT2D eigenvalue weighted by molar-refractivity contribution is 5.93. The lowest BCUT2D eigenvalue weighted by molar-refractivity contribution is 0.0765. The van der Waals surface area contributed by atoms with E-state index in [0.29, 0.717) is 30.5 Å². The number of carbonyl (C=O) groups is 1. The minimum absolute atomic E-state index is 0.0928. The van der Waals surface area contributed by atoms with E-state index in [-0.39, 0.29) is 17.1 Å². The molecule has 0 bridgehead atoms. The van der Waals surface area contributed by atoms with E-state index in [1.54, 1.807) is 24.1 Å². The molecule has 1 aromatic carbocycles. The summed E-state index contributed by atoms with van der Waals surface area (Å²) in [5, 5.41) is 7.37. The summed E-state index contributed by atoms with van der Waals surface area (Å²) in [7, 11) is 1.75. The topological polar surface area (TPSA) is 58.2 Å². The van der Waals surface area contributed by atoms with E-state index < -0.39 is 0 Å². The number of aromatic nitrogens is 2. The molecule has 6 heteroatoms. The molecule has 1 amide bonds. The van der Waals surface area contributed by atoms with Gasteiger partial charge in [0.25, 0.3) is 5.91 Å². The summed E-state index contributed by atoms with van der Waals surface area (Å²) in [5.74, 6) is 0.736. The molecule has 0 spiro atoms. The van der Waals surface area contributed by atoms with E-state index in [9.17, 15) is 9.18 Å². The highest BCUT2D eigenvalue weighted by atomic mass is 19.1. The van der Waals surface area contributed by atoms with Gasteiger partial charge in [0.2, 0.25) is 0 Å². The summed E-state index contributed by atoms with van der Waals surface area (Å²) in [4.78, 5) is 14.5. The van der Waals surface area contributed by atoms with Gasteiger partial charge < -0.3 is 9.64 Å². The Morgan fingerprint density at radius 1 is 1.33 bits per heavy atom. The van der Waals surface area contributed by atoms with E-state index >= 15 is 0 Å². The van der Waals surface area contributed by atoms with Gasteiger partial charge in [-0.05, 0) is 54.9 Å². The zero-order chi connectivity index (χ0) is 19.6. The average Bonchev–Trinajstić information content (AvgIpc) is 3.05. The molecule has 146 valence electrons. The molecule has 0 fully saturated rings. The van der Waals surface area contributed by atoms with Gasteiger partial charge in [-0.25, -0.2) is 4.39 Å². The first-order valence-electron chi connectivity index (χ1n) is 9.45. The molecule has 0 radical (unpaired) electrons. The van der Waals surface area contributed by atoms with E-state index in [0.717, 1.165) is 30.5 Å². The number of hydrogen-bond acceptors (Lipinski definition) is 3. The number of amides is 1. The van der Waals surface area contributed by atoms with Crippen molar-refractivity contribution in [1.29, 1.82) is 0 Å². The normalized spacial score (nSPS) is 16.7. The quantitative estimate of drug-likeness (QED) is 0.866. The lowest BCUT2D eigenvalue weighted by atomic mass is 9.71. The number of likely N-dealkylation sites (N-methyl/N-ethyl adjacent to an activating group) is 1. The maximum absolute atomic E-state index is 12.9. The van der Waals surface area contributed by atoms with Crippen LogP contribution in [0, 0.1) is 17.2 Å². The summed E-state index contributed by atoms with van der Waals surface area (Å²) >= 11 is 0. The van der Waals surface area contributed by atoms with Crippen molar-refractivity contribution < 1.29 is 13.9 Å². The molecule has 0 saturated carbocycles. The number of rotatable bonds is 5. The molecule has 0 aliphatic heterocycles. The van der Waals surface area contributed by atoms with Crippen molar-refractivity contribution in [3.63, 3.8) is 0 Å². The number of hydrogen-bond donors (Lipinski definition) is 1. The maximum atomic E-state index is 12.9. The number of H-pyrrole nitrogens is 1. The Kier molecular flexibility index (Phi) is 5.53. The number of nitrogens with one attached hydrogen (secondary N) is 1. The van der Waals surface area contributed by atoms with Crippen LogP contribution in [0.3, 0.4) is 0 Å². The molecule has 1 aliphatic rings. The molecular formula is C21H28FN3O2. The first-order chi connectivity index (χ1) is 12.8. The van der Waals surface area contributed by atoms with Crippen molar-refractivity contribution in [2.24, 2.45) is 11.3 Å².